The largest absolute Gasteiger partial charge is 0.515 e. The molecular weight excluding hydrogens is 1230 g/mol. The molecule has 424 valence electrons. The lowest BCUT2D eigenvalue weighted by atomic mass is 10.4. The highest BCUT2D eigenvalue weighted by Gasteiger charge is 2.80. The first-order valence-electron chi connectivity index (χ1n) is 27.7. The molecule has 8 aromatic carbocycles. The van der Waals surface area contributed by atoms with Gasteiger partial charge in [-0.1, -0.05) is 243 Å². The molecule has 4 aliphatic rings. The zero-order chi connectivity index (χ0) is 57.1. The van der Waals surface area contributed by atoms with Crippen molar-refractivity contribution in [2.24, 2.45) is 0 Å². The van der Waals surface area contributed by atoms with Gasteiger partial charge < -0.3 is 57.6 Å². The topological polar surface area (TPSA) is 129 Å². The highest BCUT2D eigenvalue weighted by molar-refractivity contribution is 7.10. The van der Waals surface area contributed by atoms with Crippen LogP contribution in [0.1, 0.15) is 0 Å². The Kier molecular flexibility index (Phi) is 17.9. The average molecular weight is 1300 g/mol. The summed E-state index contributed by atoms with van der Waals surface area (Å²) in [5, 5.41) is 4.58. The molecule has 0 aromatic heterocycles. The van der Waals surface area contributed by atoms with Crippen molar-refractivity contribution in [2.45, 2.75) is 52.4 Å². The van der Waals surface area contributed by atoms with Crippen molar-refractivity contribution in [3.63, 3.8) is 0 Å². The van der Waals surface area contributed by atoms with Gasteiger partial charge in [0.2, 0.25) is 0 Å². The monoisotopic (exact) mass is 1300 g/mol. The van der Waals surface area contributed by atoms with Gasteiger partial charge in [0.15, 0.2) is 36.2 Å². The fourth-order valence-corrected chi connectivity index (χ4v) is 64.3. The second kappa shape index (κ2) is 24.6. The second-order valence-electron chi connectivity index (χ2n) is 21.1. The third kappa shape index (κ3) is 12.0. The standard InChI is InChI=1S/C56H68O14Si12/c1-71(2)57-75(49-33-17-9-18-34-49)61-79(53-41-25-13-26-42-53)63-76(58-72(3)4,50-35-19-10-20-36-50)64-80(62-75,54-43-27-14-28-44-54)70-82(56-47-31-16-32-48-56)66-77(59-73(5)6,51-37-21-11-22-38-51)65-81(69-79,55-45-29-15-30-46-55)67-78(68-82,60-74(7)8)52-39-23-12-24-40-52/h9-48,71-74H,1-8H3. The van der Waals surface area contributed by atoms with Crippen LogP contribution in [0.15, 0.2) is 243 Å². The van der Waals surface area contributed by atoms with E-state index in [0.717, 1.165) is 0 Å². The van der Waals surface area contributed by atoms with Crippen molar-refractivity contribution in [1.82, 2.24) is 0 Å². The molecule has 0 radical (unpaired) electrons. The summed E-state index contributed by atoms with van der Waals surface area (Å²) in [7, 11) is -48.6. The maximum atomic E-state index is 8.65. The van der Waals surface area contributed by atoms with Gasteiger partial charge in [-0.15, -0.1) is 0 Å². The predicted octanol–water partition coefficient (Wildman–Crippen LogP) is 4.96. The molecule has 4 bridgehead atoms. The summed E-state index contributed by atoms with van der Waals surface area (Å²) in [5.74, 6) is 0. The van der Waals surface area contributed by atoms with Crippen LogP contribution in [0.3, 0.4) is 0 Å². The molecule has 0 saturated carbocycles. The summed E-state index contributed by atoms with van der Waals surface area (Å²) in [6.07, 6.45) is 0. The molecule has 8 aromatic rings. The van der Waals surface area contributed by atoms with Crippen LogP contribution in [0.2, 0.25) is 52.4 Å². The van der Waals surface area contributed by atoms with Crippen molar-refractivity contribution >= 4 is 148 Å². The third-order valence-electron chi connectivity index (χ3n) is 13.3. The molecule has 4 aliphatic heterocycles. The van der Waals surface area contributed by atoms with E-state index in [1.54, 1.807) is 0 Å². The van der Waals surface area contributed by atoms with E-state index in [-0.39, 0.29) is 0 Å². The van der Waals surface area contributed by atoms with E-state index < -0.39 is 107 Å². The number of rotatable bonds is 16. The lowest BCUT2D eigenvalue weighted by Gasteiger charge is -2.57. The predicted molar refractivity (Wildman–Crippen MR) is 345 cm³/mol. The molecule has 0 spiro atoms. The Labute approximate surface area is 497 Å². The Morgan fingerprint density at radius 1 is 0.195 bits per heavy atom. The molecule has 0 unspecified atom stereocenters. The molecule has 12 rings (SSSR count). The van der Waals surface area contributed by atoms with Crippen LogP contribution in [-0.2, 0) is 57.6 Å². The highest BCUT2D eigenvalue weighted by atomic mass is 28.6. The summed E-state index contributed by atoms with van der Waals surface area (Å²) in [6, 6.07) is 78.3. The molecule has 82 heavy (non-hydrogen) atoms. The smallest absolute Gasteiger partial charge is 0.416 e. The van der Waals surface area contributed by atoms with Crippen LogP contribution in [0.5, 0.6) is 0 Å². The maximum absolute atomic E-state index is 8.65. The molecule has 4 fully saturated rings. The van der Waals surface area contributed by atoms with Crippen LogP contribution in [0, 0.1) is 0 Å². The maximum Gasteiger partial charge on any atom is 0.515 e. The summed E-state index contributed by atoms with van der Waals surface area (Å²) < 4.78 is 116. The van der Waals surface area contributed by atoms with Crippen LogP contribution < -0.4 is 41.5 Å². The van der Waals surface area contributed by atoms with Gasteiger partial charge in [0.05, 0.1) is 0 Å². The average Bonchev–Trinajstić information content (AvgIpc) is 2.24. The molecule has 0 aliphatic carbocycles. The molecule has 0 atom stereocenters. The van der Waals surface area contributed by atoms with Crippen LogP contribution >= 0.6 is 0 Å². The molecule has 26 heteroatoms. The Hall–Kier alpha value is -4.20. The van der Waals surface area contributed by atoms with E-state index in [0.29, 0.717) is 41.5 Å². The van der Waals surface area contributed by atoms with Gasteiger partial charge >= 0.3 is 70.4 Å². The number of benzene rings is 8. The van der Waals surface area contributed by atoms with Crippen LogP contribution in [0.25, 0.3) is 0 Å². The fraction of sp³-hybridized carbons (Fsp3) is 0.143. The fourth-order valence-electron chi connectivity index (χ4n) is 10.1. The Morgan fingerprint density at radius 3 is 0.463 bits per heavy atom. The SMILES string of the molecule is C[SiH](C)O[Si]1(c2ccccc2)O[Si]2(c3ccccc3)O[Si](O[SiH](C)C)(c3ccccc3)O[Si](c3ccccc3)(O1)O[Si]1(c3ccccc3)O[Si](O[SiH](C)C)(c3ccccc3)O[Si](c3ccccc3)(O[Si](O[SiH](C)C)(c3ccccc3)O1)O2. The van der Waals surface area contributed by atoms with Gasteiger partial charge in [0.1, 0.15) is 0 Å². The first-order chi connectivity index (χ1) is 39.6. The van der Waals surface area contributed by atoms with E-state index >= 15 is 0 Å². The van der Waals surface area contributed by atoms with Gasteiger partial charge in [-0.2, -0.15) is 0 Å². The summed E-state index contributed by atoms with van der Waals surface area (Å²) in [6.45, 7) is 16.8. The summed E-state index contributed by atoms with van der Waals surface area (Å²) >= 11 is 0. The molecule has 14 nitrogen and oxygen atoms in total. The van der Waals surface area contributed by atoms with Crippen molar-refractivity contribution in [3.05, 3.63) is 243 Å². The Bertz CT molecular complexity index is 2870. The molecule has 0 amide bonds. The first-order valence-corrected chi connectivity index (χ1v) is 52.7. The summed E-state index contributed by atoms with van der Waals surface area (Å²) in [5.41, 5.74) is 0. The minimum absolute atomic E-state index is 0.530. The van der Waals surface area contributed by atoms with E-state index in [1.807, 2.05) is 243 Å². The lowest BCUT2D eigenvalue weighted by Crippen LogP contribution is -2.90. The van der Waals surface area contributed by atoms with E-state index in [9.17, 15) is 0 Å². The third-order valence-corrected chi connectivity index (χ3v) is 55.6. The Morgan fingerprint density at radius 2 is 0.329 bits per heavy atom. The highest BCUT2D eigenvalue weighted by Crippen LogP contribution is 2.43. The minimum atomic E-state index is -5.13. The van der Waals surface area contributed by atoms with Gasteiger partial charge in [0, 0.05) is 41.5 Å². The molecule has 0 N–H and O–H groups in total. The van der Waals surface area contributed by atoms with E-state index in [1.165, 1.54) is 0 Å². The van der Waals surface area contributed by atoms with Crippen LogP contribution in [0.4, 0.5) is 0 Å². The van der Waals surface area contributed by atoms with E-state index in [4.69, 9.17) is 57.6 Å². The van der Waals surface area contributed by atoms with Crippen molar-refractivity contribution in [2.75, 3.05) is 0 Å². The van der Waals surface area contributed by atoms with Crippen molar-refractivity contribution < 1.29 is 57.6 Å². The number of hydrogen-bond donors (Lipinski definition) is 0. The lowest BCUT2D eigenvalue weighted by molar-refractivity contribution is 0.0497. The number of fused-ring (bicyclic) bond motifs is 4. The van der Waals surface area contributed by atoms with Gasteiger partial charge in [-0.05, 0) is 52.4 Å². The second-order valence-corrected chi connectivity index (χ2v) is 54.9. The normalized spacial score (nSPS) is 29.5. The van der Waals surface area contributed by atoms with Crippen molar-refractivity contribution in [3.8, 4) is 0 Å². The summed E-state index contributed by atoms with van der Waals surface area (Å²) in [4.78, 5) is 0. The minimum Gasteiger partial charge on any atom is -0.416 e. The van der Waals surface area contributed by atoms with Crippen LogP contribution in [-0.4, -0.2) is 107 Å². The van der Waals surface area contributed by atoms with E-state index in [2.05, 4.69) is 52.4 Å². The number of hydrogen-bond acceptors (Lipinski definition) is 14. The van der Waals surface area contributed by atoms with Crippen molar-refractivity contribution in [1.29, 1.82) is 0 Å². The Balaban J connectivity index is 1.43. The zero-order valence-corrected chi connectivity index (χ0v) is 59.7. The zero-order valence-electron chi connectivity index (χ0n) is 47.1. The molecule has 4 saturated heterocycles. The molecule has 4 heterocycles. The van der Waals surface area contributed by atoms with Gasteiger partial charge in [-0.25, -0.2) is 0 Å². The van der Waals surface area contributed by atoms with Gasteiger partial charge in [0.25, 0.3) is 0 Å². The first kappa shape index (κ1) is 59.5. The quantitative estimate of drug-likeness (QED) is 0.121. The van der Waals surface area contributed by atoms with Gasteiger partial charge in [-0.3, -0.25) is 0 Å². The molecular formula is C56H68O14Si12.